The van der Waals surface area contributed by atoms with E-state index in [-0.39, 0.29) is 0 Å². The molecule has 0 radical (unpaired) electrons. The Balaban J connectivity index is 1.77. The summed E-state index contributed by atoms with van der Waals surface area (Å²) in [6, 6.07) is 13.9. The molecular weight excluding hydrogens is 348 g/mol. The molecule has 0 saturated heterocycles. The first-order valence-electron chi connectivity index (χ1n) is 9.71. The number of hydrogen-bond acceptors (Lipinski definition) is 4. The van der Waals surface area contributed by atoms with Crippen LogP contribution in [0.15, 0.2) is 48.5 Å². The third-order valence-corrected chi connectivity index (χ3v) is 5.61. The molecule has 3 rings (SSSR count). The Hall–Kier alpha value is -3.24. The van der Waals surface area contributed by atoms with Crippen molar-refractivity contribution in [3.05, 3.63) is 65.2 Å². The number of hydrogen-bond donors (Lipinski definition) is 0. The molecule has 0 spiro atoms. The number of allylic oxidation sites excluding steroid dienone is 2. The maximum absolute atomic E-state index is 8.89. The normalized spacial score (nSPS) is 17.0. The highest BCUT2D eigenvalue weighted by Gasteiger charge is 2.19. The minimum Gasteiger partial charge on any atom is -0.388 e. The van der Waals surface area contributed by atoms with E-state index in [1.807, 2.05) is 30.3 Å². The van der Waals surface area contributed by atoms with E-state index in [9.17, 15) is 0 Å². The summed E-state index contributed by atoms with van der Waals surface area (Å²) in [6.45, 7) is 4.30. The zero-order valence-electron chi connectivity index (χ0n) is 16.3. The summed E-state index contributed by atoms with van der Waals surface area (Å²) < 4.78 is 10.0. The van der Waals surface area contributed by atoms with Crippen molar-refractivity contribution in [3.63, 3.8) is 0 Å². The Bertz CT molecular complexity index is 933. The van der Waals surface area contributed by atoms with Crippen LogP contribution in [0.5, 0.6) is 11.5 Å². The van der Waals surface area contributed by atoms with Gasteiger partial charge in [-0.05, 0) is 84.0 Å². The summed E-state index contributed by atoms with van der Waals surface area (Å²) in [7, 11) is 0. The molecule has 0 bridgehead atoms. The Labute approximate surface area is 166 Å². The third-order valence-electron chi connectivity index (χ3n) is 5.61. The van der Waals surface area contributed by atoms with E-state index >= 15 is 0 Å². The fourth-order valence-corrected chi connectivity index (χ4v) is 3.76. The SMILES string of the molecule is CCC(C)c1cc(C2=CCC(c3ccc(OC#N)cc3)CC2)ccc1OC#N. The van der Waals surface area contributed by atoms with Crippen molar-refractivity contribution >= 4 is 5.57 Å². The largest absolute Gasteiger partial charge is 0.388 e. The first kappa shape index (κ1) is 19.5. The van der Waals surface area contributed by atoms with Gasteiger partial charge in [0.15, 0.2) is 0 Å². The van der Waals surface area contributed by atoms with Gasteiger partial charge in [-0.25, -0.2) is 0 Å². The monoisotopic (exact) mass is 372 g/mol. The number of rotatable bonds is 6. The highest BCUT2D eigenvalue weighted by atomic mass is 16.5. The molecule has 142 valence electrons. The minimum atomic E-state index is 0.342. The van der Waals surface area contributed by atoms with E-state index in [4.69, 9.17) is 20.0 Å². The predicted octanol–water partition coefficient (Wildman–Crippen LogP) is 6.27. The average molecular weight is 372 g/mol. The summed E-state index contributed by atoms with van der Waals surface area (Å²) >= 11 is 0. The van der Waals surface area contributed by atoms with Crippen molar-refractivity contribution < 1.29 is 9.47 Å². The molecule has 2 atom stereocenters. The fraction of sp³-hybridized carbons (Fsp3) is 0.333. The van der Waals surface area contributed by atoms with Crippen LogP contribution in [-0.2, 0) is 0 Å². The van der Waals surface area contributed by atoms with Gasteiger partial charge in [0.05, 0.1) is 0 Å². The highest BCUT2D eigenvalue weighted by Crippen LogP contribution is 2.38. The zero-order valence-corrected chi connectivity index (χ0v) is 16.3. The molecule has 4 heteroatoms. The average Bonchev–Trinajstić information content (AvgIpc) is 2.75. The topological polar surface area (TPSA) is 66.0 Å². The van der Waals surface area contributed by atoms with E-state index in [0.717, 1.165) is 31.2 Å². The highest BCUT2D eigenvalue weighted by molar-refractivity contribution is 5.68. The van der Waals surface area contributed by atoms with E-state index in [0.29, 0.717) is 23.3 Å². The molecule has 0 amide bonds. The third kappa shape index (κ3) is 4.35. The Morgan fingerprint density at radius 2 is 1.82 bits per heavy atom. The summed E-state index contributed by atoms with van der Waals surface area (Å²) in [5.41, 5.74) is 4.95. The van der Waals surface area contributed by atoms with Crippen molar-refractivity contribution in [2.24, 2.45) is 0 Å². The van der Waals surface area contributed by atoms with Gasteiger partial charge in [0.25, 0.3) is 12.5 Å². The van der Waals surface area contributed by atoms with Crippen LogP contribution in [0, 0.1) is 23.0 Å². The predicted molar refractivity (Wildman–Crippen MR) is 109 cm³/mol. The van der Waals surface area contributed by atoms with E-state index in [1.165, 1.54) is 16.7 Å². The van der Waals surface area contributed by atoms with Crippen molar-refractivity contribution in [2.45, 2.75) is 51.4 Å². The zero-order chi connectivity index (χ0) is 19.9. The Morgan fingerprint density at radius 3 is 2.43 bits per heavy atom. The number of ether oxygens (including phenoxy) is 2. The van der Waals surface area contributed by atoms with E-state index in [1.54, 1.807) is 12.5 Å². The smallest absolute Gasteiger partial charge is 0.292 e. The second-order valence-corrected chi connectivity index (χ2v) is 7.22. The van der Waals surface area contributed by atoms with Crippen LogP contribution in [0.1, 0.15) is 68.1 Å². The van der Waals surface area contributed by atoms with E-state index < -0.39 is 0 Å². The Morgan fingerprint density at radius 1 is 1.07 bits per heavy atom. The molecule has 0 saturated carbocycles. The van der Waals surface area contributed by atoms with Crippen molar-refractivity contribution in [1.29, 1.82) is 10.5 Å². The molecule has 28 heavy (non-hydrogen) atoms. The lowest BCUT2D eigenvalue weighted by atomic mass is 9.82. The van der Waals surface area contributed by atoms with Crippen LogP contribution in [-0.4, -0.2) is 0 Å². The van der Waals surface area contributed by atoms with Gasteiger partial charge >= 0.3 is 0 Å². The molecule has 0 fully saturated rings. The van der Waals surface area contributed by atoms with E-state index in [2.05, 4.69) is 32.1 Å². The van der Waals surface area contributed by atoms with Gasteiger partial charge in [0.1, 0.15) is 11.5 Å². The molecular formula is C24H24N2O2. The summed E-state index contributed by atoms with van der Waals surface area (Å²) in [4.78, 5) is 0. The lowest BCUT2D eigenvalue weighted by Crippen LogP contribution is -2.05. The van der Waals surface area contributed by atoms with Crippen LogP contribution in [0.2, 0.25) is 0 Å². The molecule has 0 aliphatic heterocycles. The molecule has 2 aromatic carbocycles. The van der Waals surface area contributed by atoms with Gasteiger partial charge in [-0.3, -0.25) is 0 Å². The summed E-state index contributed by atoms with van der Waals surface area (Å²) in [6.07, 6.45) is 9.91. The van der Waals surface area contributed by atoms with Gasteiger partial charge in [-0.2, -0.15) is 0 Å². The molecule has 1 aliphatic carbocycles. The second-order valence-electron chi connectivity index (χ2n) is 7.22. The number of benzene rings is 2. The first-order valence-corrected chi connectivity index (χ1v) is 9.71. The minimum absolute atomic E-state index is 0.342. The van der Waals surface area contributed by atoms with Crippen molar-refractivity contribution in [1.82, 2.24) is 0 Å². The maximum atomic E-state index is 8.89. The van der Waals surface area contributed by atoms with Crippen LogP contribution in [0.4, 0.5) is 0 Å². The lowest BCUT2D eigenvalue weighted by Gasteiger charge is -2.23. The van der Waals surface area contributed by atoms with Crippen LogP contribution in [0.25, 0.3) is 5.57 Å². The van der Waals surface area contributed by atoms with Crippen LogP contribution in [0.3, 0.4) is 0 Å². The molecule has 0 aromatic heterocycles. The second kappa shape index (κ2) is 9.11. The first-order chi connectivity index (χ1) is 13.7. The number of nitriles is 2. The fourth-order valence-electron chi connectivity index (χ4n) is 3.76. The lowest BCUT2D eigenvalue weighted by molar-refractivity contribution is 0.493. The number of nitrogens with zero attached hydrogens (tertiary/aromatic N) is 2. The molecule has 1 aliphatic rings. The molecule has 2 aromatic rings. The maximum Gasteiger partial charge on any atom is 0.292 e. The van der Waals surface area contributed by atoms with Crippen molar-refractivity contribution in [3.8, 4) is 24.0 Å². The molecule has 0 heterocycles. The van der Waals surface area contributed by atoms with Crippen molar-refractivity contribution in [2.75, 3.05) is 0 Å². The summed E-state index contributed by atoms with van der Waals surface area (Å²) in [5, 5.41) is 17.5. The van der Waals surface area contributed by atoms with Gasteiger partial charge in [-0.15, -0.1) is 10.5 Å². The van der Waals surface area contributed by atoms with Gasteiger partial charge < -0.3 is 9.47 Å². The van der Waals surface area contributed by atoms with Crippen LogP contribution < -0.4 is 9.47 Å². The standard InChI is InChI=1S/C24H24N2O2/c1-3-17(2)23-14-21(10-13-24(23)28-16-26)20-6-4-18(5-7-20)19-8-11-22(12-9-19)27-15-25/h6,8-14,17-18H,3-5,7H2,1-2H3. The molecule has 0 N–H and O–H groups in total. The van der Waals surface area contributed by atoms with Gasteiger partial charge in [0.2, 0.25) is 0 Å². The molecule has 4 nitrogen and oxygen atoms in total. The van der Waals surface area contributed by atoms with Crippen LogP contribution >= 0.6 is 0 Å². The quantitative estimate of drug-likeness (QED) is 0.560. The molecule has 2 unspecified atom stereocenters. The van der Waals surface area contributed by atoms with Gasteiger partial charge in [-0.1, -0.05) is 38.1 Å². The van der Waals surface area contributed by atoms with Gasteiger partial charge in [0, 0.05) is 0 Å². The Kier molecular flexibility index (Phi) is 6.35. The summed E-state index contributed by atoms with van der Waals surface area (Å²) in [5.74, 6) is 2.06.